The van der Waals surface area contributed by atoms with Crippen LogP contribution in [0.25, 0.3) is 11.7 Å². The highest BCUT2D eigenvalue weighted by molar-refractivity contribution is 5.56. The Morgan fingerprint density at radius 1 is 1.35 bits per heavy atom. The van der Waals surface area contributed by atoms with Gasteiger partial charge < -0.3 is 14.8 Å². The van der Waals surface area contributed by atoms with Gasteiger partial charge in [-0.2, -0.15) is 24.8 Å². The number of halogens is 1. The molecule has 0 aliphatic heterocycles. The van der Waals surface area contributed by atoms with E-state index < -0.39 is 11.5 Å². The predicted molar refractivity (Wildman–Crippen MR) is 102 cm³/mol. The Morgan fingerprint density at radius 2 is 2.19 bits per heavy atom. The fourth-order valence-corrected chi connectivity index (χ4v) is 2.86. The SMILES string of the molecule is N#Cc1ccc(Oc2nc(=NC3CC3)n3ncc(=Cc4[nH]c(=O)[nH]c4O)c3n2)cc1F. The second-order valence-electron chi connectivity index (χ2n) is 6.84. The first kappa shape index (κ1) is 18.5. The zero-order chi connectivity index (χ0) is 21.5. The summed E-state index contributed by atoms with van der Waals surface area (Å²) < 4.78 is 21.0. The quantitative estimate of drug-likeness (QED) is 0.427. The number of aromatic nitrogens is 6. The maximum absolute atomic E-state index is 13.9. The zero-order valence-corrected chi connectivity index (χ0v) is 15.7. The fraction of sp³-hybridized carbons (Fsp3) is 0.158. The zero-order valence-electron chi connectivity index (χ0n) is 15.7. The van der Waals surface area contributed by atoms with Crippen molar-refractivity contribution in [1.29, 1.82) is 5.26 Å². The van der Waals surface area contributed by atoms with Gasteiger partial charge in [0, 0.05) is 11.3 Å². The van der Waals surface area contributed by atoms with Crippen LogP contribution in [0, 0.1) is 17.1 Å². The molecule has 5 rings (SSSR count). The fourth-order valence-electron chi connectivity index (χ4n) is 2.86. The second-order valence-corrected chi connectivity index (χ2v) is 6.84. The van der Waals surface area contributed by atoms with Gasteiger partial charge in [0.25, 0.3) is 5.62 Å². The van der Waals surface area contributed by atoms with Gasteiger partial charge >= 0.3 is 11.7 Å². The molecular weight excluding hydrogens is 407 g/mol. The number of nitriles is 1. The van der Waals surface area contributed by atoms with Gasteiger partial charge in [0.15, 0.2) is 5.65 Å². The number of H-pyrrole nitrogens is 2. The first-order valence-corrected chi connectivity index (χ1v) is 9.20. The van der Waals surface area contributed by atoms with Crippen LogP contribution in [-0.2, 0) is 0 Å². The minimum atomic E-state index is -0.728. The summed E-state index contributed by atoms with van der Waals surface area (Å²) in [6.45, 7) is 0. The highest BCUT2D eigenvalue weighted by atomic mass is 19.1. The molecule has 1 aliphatic rings. The molecule has 154 valence electrons. The molecule has 1 aromatic carbocycles. The molecule has 0 radical (unpaired) electrons. The molecule has 4 aromatic rings. The van der Waals surface area contributed by atoms with Crippen molar-refractivity contribution in [3.05, 3.63) is 62.8 Å². The maximum Gasteiger partial charge on any atom is 0.327 e. The van der Waals surface area contributed by atoms with Crippen molar-refractivity contribution in [3.63, 3.8) is 0 Å². The summed E-state index contributed by atoms with van der Waals surface area (Å²) in [6.07, 6.45) is 4.82. The summed E-state index contributed by atoms with van der Waals surface area (Å²) in [6, 6.07) is 5.55. The lowest BCUT2D eigenvalue weighted by atomic mass is 10.2. The van der Waals surface area contributed by atoms with Crippen LogP contribution in [0.4, 0.5) is 4.39 Å². The average Bonchev–Trinajstić information content (AvgIpc) is 3.37. The molecule has 1 fully saturated rings. The van der Waals surface area contributed by atoms with Crippen LogP contribution in [0.5, 0.6) is 17.6 Å². The molecule has 0 atom stereocenters. The number of fused-ring (bicyclic) bond motifs is 1. The highest BCUT2D eigenvalue weighted by Crippen LogP contribution is 2.23. The Labute approximate surface area is 171 Å². The summed E-state index contributed by atoms with van der Waals surface area (Å²) in [5.74, 6) is -0.948. The van der Waals surface area contributed by atoms with E-state index in [1.54, 1.807) is 6.07 Å². The van der Waals surface area contributed by atoms with Crippen LogP contribution in [0.2, 0.25) is 0 Å². The van der Waals surface area contributed by atoms with Crippen LogP contribution in [0.15, 0.2) is 34.2 Å². The largest absolute Gasteiger partial charge is 0.493 e. The van der Waals surface area contributed by atoms with E-state index in [0.29, 0.717) is 10.9 Å². The van der Waals surface area contributed by atoms with Gasteiger partial charge in [-0.05, 0) is 31.1 Å². The molecule has 3 aromatic heterocycles. The molecule has 12 heteroatoms. The normalized spacial score (nSPS) is 14.8. The minimum absolute atomic E-state index is 0.0991. The number of aromatic amines is 2. The van der Waals surface area contributed by atoms with Crippen LogP contribution in [-0.4, -0.2) is 40.7 Å². The molecule has 0 unspecified atom stereocenters. The molecule has 3 N–H and O–H groups in total. The number of aromatic hydroxyl groups is 1. The number of nitrogens with one attached hydrogen (secondary N) is 2. The van der Waals surface area contributed by atoms with Gasteiger partial charge in [-0.25, -0.2) is 14.2 Å². The number of hydrogen-bond acceptors (Lipinski definition) is 8. The number of benzene rings is 1. The maximum atomic E-state index is 13.9. The van der Waals surface area contributed by atoms with Gasteiger partial charge in [-0.15, -0.1) is 0 Å². The van der Waals surface area contributed by atoms with Crippen LogP contribution < -0.4 is 21.3 Å². The summed E-state index contributed by atoms with van der Waals surface area (Å²) in [7, 11) is 0. The number of nitrogens with zero attached hydrogens (tertiary/aromatic N) is 6. The van der Waals surface area contributed by atoms with Gasteiger partial charge in [0.1, 0.15) is 23.3 Å². The first-order chi connectivity index (χ1) is 15.0. The molecule has 0 amide bonds. The van der Waals surface area contributed by atoms with E-state index in [9.17, 15) is 14.3 Å². The lowest BCUT2D eigenvalue weighted by Gasteiger charge is -2.05. The third-order valence-electron chi connectivity index (χ3n) is 4.51. The molecular formula is C19H13FN8O3. The standard InChI is InChI=1S/C19H13FN8O3/c20-13-6-12(4-1-9(13)7-21)31-19-25-15-10(5-14-16(29)26-18(30)24-14)8-22-28(15)17(27-19)23-11-2-3-11/h1,4-6,8,11,29H,2-3H2,(H2,24,26,30). The summed E-state index contributed by atoms with van der Waals surface area (Å²) in [5, 5.41) is 23.4. The van der Waals surface area contributed by atoms with E-state index in [4.69, 9.17) is 10.00 Å². The van der Waals surface area contributed by atoms with Gasteiger partial charge in [-0.1, -0.05) is 0 Å². The molecule has 1 saturated carbocycles. The smallest absolute Gasteiger partial charge is 0.327 e. The Morgan fingerprint density at radius 3 is 2.87 bits per heavy atom. The van der Waals surface area contributed by atoms with E-state index in [1.165, 1.54) is 28.9 Å². The highest BCUT2D eigenvalue weighted by Gasteiger charge is 2.21. The van der Waals surface area contributed by atoms with Gasteiger partial charge in [0.2, 0.25) is 5.88 Å². The van der Waals surface area contributed by atoms with Gasteiger partial charge in [0.05, 0.1) is 17.8 Å². The Kier molecular flexibility index (Phi) is 4.21. The van der Waals surface area contributed by atoms with E-state index in [0.717, 1.165) is 18.9 Å². The predicted octanol–water partition coefficient (Wildman–Crippen LogP) is 0.260. The summed E-state index contributed by atoms with van der Waals surface area (Å²) in [5.41, 5.74) is 0.0334. The Hall–Kier alpha value is -4.53. The molecule has 11 nitrogen and oxygen atoms in total. The van der Waals surface area contributed by atoms with Crippen molar-refractivity contribution >= 4 is 11.7 Å². The molecule has 1 aliphatic carbocycles. The van der Waals surface area contributed by atoms with Crippen LogP contribution >= 0.6 is 0 Å². The van der Waals surface area contributed by atoms with Crippen molar-refractivity contribution in [2.45, 2.75) is 18.9 Å². The Bertz CT molecular complexity index is 1540. The van der Waals surface area contributed by atoms with Crippen molar-refractivity contribution < 1.29 is 14.2 Å². The van der Waals surface area contributed by atoms with Crippen LogP contribution in [0.3, 0.4) is 0 Å². The summed E-state index contributed by atoms with van der Waals surface area (Å²) >= 11 is 0. The van der Waals surface area contributed by atoms with Crippen molar-refractivity contribution in [2.24, 2.45) is 4.99 Å². The van der Waals surface area contributed by atoms with Crippen molar-refractivity contribution in [3.8, 4) is 23.7 Å². The molecule has 0 bridgehead atoms. The molecule has 3 heterocycles. The number of ether oxygens (including phenoxy) is 1. The van der Waals surface area contributed by atoms with Crippen LogP contribution in [0.1, 0.15) is 24.1 Å². The van der Waals surface area contributed by atoms with Crippen molar-refractivity contribution in [2.75, 3.05) is 0 Å². The van der Waals surface area contributed by atoms with E-state index in [-0.39, 0.29) is 40.6 Å². The van der Waals surface area contributed by atoms with Crippen molar-refractivity contribution in [1.82, 2.24) is 29.5 Å². The first-order valence-electron chi connectivity index (χ1n) is 9.20. The lowest BCUT2D eigenvalue weighted by Crippen LogP contribution is -2.23. The molecule has 0 spiro atoms. The van der Waals surface area contributed by atoms with E-state index >= 15 is 0 Å². The number of rotatable bonds is 4. The number of hydrogen-bond donors (Lipinski definition) is 3. The Balaban J connectivity index is 1.65. The average molecular weight is 420 g/mol. The second kappa shape index (κ2) is 7.06. The van der Waals surface area contributed by atoms with E-state index in [2.05, 4.69) is 30.0 Å². The summed E-state index contributed by atoms with van der Waals surface area (Å²) in [4.78, 5) is 29.2. The lowest BCUT2D eigenvalue weighted by molar-refractivity contribution is 0.432. The monoisotopic (exact) mass is 420 g/mol. The van der Waals surface area contributed by atoms with E-state index in [1.807, 2.05) is 0 Å². The third kappa shape index (κ3) is 3.60. The topological polar surface area (TPSA) is 157 Å². The molecule has 0 saturated heterocycles. The number of imidazole rings is 1. The molecule has 31 heavy (non-hydrogen) atoms. The third-order valence-corrected chi connectivity index (χ3v) is 4.51. The van der Waals surface area contributed by atoms with Gasteiger partial charge in [-0.3, -0.25) is 4.98 Å². The minimum Gasteiger partial charge on any atom is -0.493 e.